The average molecular weight is 273 g/mol. The first-order chi connectivity index (χ1) is 7.15. The van der Waals surface area contributed by atoms with Gasteiger partial charge in [-0.15, -0.1) is 0 Å². The predicted molar refractivity (Wildman–Crippen MR) is 60.8 cm³/mol. The summed E-state index contributed by atoms with van der Waals surface area (Å²) in [6.07, 6.45) is 3.20. The van der Waals surface area contributed by atoms with Crippen molar-refractivity contribution < 1.29 is 9.53 Å². The Morgan fingerprint density at radius 1 is 1.60 bits per heavy atom. The standard InChI is InChI=1S/C10H13BrN2O2/c1-13(3-4-15-2)10(14)8-5-9(11)7-12-6-8/h5-7H,3-4H2,1-2H3. The van der Waals surface area contributed by atoms with Crippen molar-refractivity contribution in [2.45, 2.75) is 0 Å². The third-order valence-electron chi connectivity index (χ3n) is 1.93. The van der Waals surface area contributed by atoms with Crippen LogP contribution in [0.1, 0.15) is 10.4 Å². The summed E-state index contributed by atoms with van der Waals surface area (Å²) in [5.74, 6) is -0.0548. The number of likely N-dealkylation sites (N-methyl/N-ethyl adjacent to an activating group) is 1. The maximum atomic E-state index is 11.8. The Hall–Kier alpha value is -0.940. The molecule has 15 heavy (non-hydrogen) atoms. The number of halogens is 1. The predicted octanol–water partition coefficient (Wildman–Crippen LogP) is 1.56. The number of ether oxygens (including phenoxy) is 1. The lowest BCUT2D eigenvalue weighted by Gasteiger charge is -2.16. The summed E-state index contributed by atoms with van der Waals surface area (Å²) < 4.78 is 5.70. The van der Waals surface area contributed by atoms with Gasteiger partial charge in [0.05, 0.1) is 12.2 Å². The van der Waals surface area contributed by atoms with Gasteiger partial charge in [-0.2, -0.15) is 0 Å². The van der Waals surface area contributed by atoms with Crippen LogP contribution >= 0.6 is 15.9 Å². The molecule has 0 aliphatic rings. The molecular formula is C10H13BrN2O2. The van der Waals surface area contributed by atoms with E-state index in [0.717, 1.165) is 4.47 Å². The molecule has 4 nitrogen and oxygen atoms in total. The van der Waals surface area contributed by atoms with Crippen molar-refractivity contribution >= 4 is 21.8 Å². The maximum Gasteiger partial charge on any atom is 0.255 e. The van der Waals surface area contributed by atoms with Gasteiger partial charge in [-0.1, -0.05) is 0 Å². The fraction of sp³-hybridized carbons (Fsp3) is 0.400. The minimum Gasteiger partial charge on any atom is -0.383 e. The van der Waals surface area contributed by atoms with Crippen molar-refractivity contribution in [2.75, 3.05) is 27.3 Å². The van der Waals surface area contributed by atoms with Gasteiger partial charge in [0.15, 0.2) is 0 Å². The van der Waals surface area contributed by atoms with Gasteiger partial charge in [0.1, 0.15) is 0 Å². The Bertz CT molecular complexity index is 344. The van der Waals surface area contributed by atoms with Crippen LogP contribution in [0.4, 0.5) is 0 Å². The quantitative estimate of drug-likeness (QED) is 0.836. The Morgan fingerprint density at radius 2 is 2.33 bits per heavy atom. The first-order valence-corrected chi connectivity index (χ1v) is 5.29. The van der Waals surface area contributed by atoms with Gasteiger partial charge in [0.25, 0.3) is 5.91 Å². The molecule has 0 unspecified atom stereocenters. The van der Waals surface area contributed by atoms with Gasteiger partial charge in [0, 0.05) is 37.6 Å². The largest absolute Gasteiger partial charge is 0.383 e. The molecule has 0 spiro atoms. The van der Waals surface area contributed by atoms with E-state index in [2.05, 4.69) is 20.9 Å². The van der Waals surface area contributed by atoms with Crippen LogP contribution in [0.5, 0.6) is 0 Å². The molecule has 1 aromatic heterocycles. The van der Waals surface area contributed by atoms with E-state index in [1.165, 1.54) is 0 Å². The molecule has 0 saturated heterocycles. The lowest BCUT2D eigenvalue weighted by molar-refractivity contribution is 0.0744. The lowest BCUT2D eigenvalue weighted by Crippen LogP contribution is -2.29. The maximum absolute atomic E-state index is 11.8. The van der Waals surface area contributed by atoms with Crippen molar-refractivity contribution in [3.63, 3.8) is 0 Å². The van der Waals surface area contributed by atoms with Crippen LogP contribution in [0, 0.1) is 0 Å². The minimum absolute atomic E-state index is 0.0548. The summed E-state index contributed by atoms with van der Waals surface area (Å²) in [5.41, 5.74) is 0.572. The highest BCUT2D eigenvalue weighted by atomic mass is 79.9. The molecule has 1 amide bonds. The molecule has 0 aromatic carbocycles. The minimum atomic E-state index is -0.0548. The zero-order valence-corrected chi connectivity index (χ0v) is 10.3. The average Bonchev–Trinajstić information content (AvgIpc) is 2.24. The SMILES string of the molecule is COCCN(C)C(=O)c1cncc(Br)c1. The van der Waals surface area contributed by atoms with Crippen molar-refractivity contribution in [3.8, 4) is 0 Å². The van der Waals surface area contributed by atoms with Crippen molar-refractivity contribution in [2.24, 2.45) is 0 Å². The van der Waals surface area contributed by atoms with E-state index in [0.29, 0.717) is 18.7 Å². The van der Waals surface area contributed by atoms with E-state index in [4.69, 9.17) is 4.74 Å². The summed E-state index contributed by atoms with van der Waals surface area (Å²) in [4.78, 5) is 17.4. The molecule has 0 atom stereocenters. The Kier molecular flexibility index (Phi) is 4.71. The molecule has 0 N–H and O–H groups in total. The van der Waals surface area contributed by atoms with Crippen LogP contribution in [0.25, 0.3) is 0 Å². The second-order valence-corrected chi connectivity index (χ2v) is 4.03. The van der Waals surface area contributed by atoms with Crippen molar-refractivity contribution in [1.29, 1.82) is 0 Å². The van der Waals surface area contributed by atoms with Crippen LogP contribution in [0.15, 0.2) is 22.9 Å². The van der Waals surface area contributed by atoms with E-state index in [-0.39, 0.29) is 5.91 Å². The number of carbonyl (C=O) groups is 1. The summed E-state index contributed by atoms with van der Waals surface area (Å²) in [7, 11) is 3.35. The fourth-order valence-corrected chi connectivity index (χ4v) is 1.44. The highest BCUT2D eigenvalue weighted by Gasteiger charge is 2.11. The normalized spacial score (nSPS) is 10.1. The highest BCUT2D eigenvalue weighted by Crippen LogP contribution is 2.10. The molecule has 1 rings (SSSR count). The molecule has 0 aliphatic carbocycles. The van der Waals surface area contributed by atoms with Crippen LogP contribution < -0.4 is 0 Å². The van der Waals surface area contributed by atoms with Crippen molar-refractivity contribution in [3.05, 3.63) is 28.5 Å². The summed E-state index contributed by atoms with van der Waals surface area (Å²) in [6, 6.07) is 1.75. The van der Waals surface area contributed by atoms with E-state index < -0.39 is 0 Å². The molecule has 0 saturated carbocycles. The number of methoxy groups -OCH3 is 1. The summed E-state index contributed by atoms with van der Waals surface area (Å²) >= 11 is 3.27. The monoisotopic (exact) mass is 272 g/mol. The van der Waals surface area contributed by atoms with Gasteiger partial charge in [-0.3, -0.25) is 9.78 Å². The van der Waals surface area contributed by atoms with Crippen molar-refractivity contribution in [1.82, 2.24) is 9.88 Å². The number of hydrogen-bond donors (Lipinski definition) is 0. The van der Waals surface area contributed by atoms with Crippen LogP contribution in [0.2, 0.25) is 0 Å². The topological polar surface area (TPSA) is 42.4 Å². The van der Waals surface area contributed by atoms with Gasteiger partial charge < -0.3 is 9.64 Å². The van der Waals surface area contributed by atoms with Gasteiger partial charge in [-0.25, -0.2) is 0 Å². The Labute approximate surface area is 97.4 Å². The molecule has 82 valence electrons. The highest BCUT2D eigenvalue weighted by molar-refractivity contribution is 9.10. The zero-order valence-electron chi connectivity index (χ0n) is 8.74. The number of amides is 1. The van der Waals surface area contributed by atoms with Gasteiger partial charge in [-0.05, 0) is 22.0 Å². The van der Waals surface area contributed by atoms with Crippen LogP contribution in [-0.2, 0) is 4.74 Å². The summed E-state index contributed by atoms with van der Waals surface area (Å²) in [6.45, 7) is 1.10. The number of nitrogens with zero attached hydrogens (tertiary/aromatic N) is 2. The fourth-order valence-electron chi connectivity index (χ4n) is 1.08. The van der Waals surface area contributed by atoms with Crippen LogP contribution in [0.3, 0.4) is 0 Å². The Morgan fingerprint density at radius 3 is 2.93 bits per heavy atom. The molecule has 5 heteroatoms. The second kappa shape index (κ2) is 5.82. The first kappa shape index (κ1) is 12.1. The molecular weight excluding hydrogens is 260 g/mol. The van der Waals surface area contributed by atoms with E-state index in [9.17, 15) is 4.79 Å². The number of pyridine rings is 1. The third kappa shape index (κ3) is 3.60. The molecule has 0 radical (unpaired) electrons. The lowest BCUT2D eigenvalue weighted by atomic mass is 10.2. The van der Waals surface area contributed by atoms with Gasteiger partial charge in [0.2, 0.25) is 0 Å². The number of aromatic nitrogens is 1. The van der Waals surface area contributed by atoms with Gasteiger partial charge >= 0.3 is 0 Å². The van der Waals surface area contributed by atoms with E-state index in [1.807, 2.05) is 0 Å². The molecule has 1 heterocycles. The molecule has 0 aliphatic heterocycles. The molecule has 1 aromatic rings. The number of rotatable bonds is 4. The third-order valence-corrected chi connectivity index (χ3v) is 2.36. The van der Waals surface area contributed by atoms with E-state index in [1.54, 1.807) is 37.5 Å². The zero-order chi connectivity index (χ0) is 11.3. The van der Waals surface area contributed by atoms with E-state index >= 15 is 0 Å². The van der Waals surface area contributed by atoms with Crippen LogP contribution in [-0.4, -0.2) is 43.1 Å². The molecule has 0 fully saturated rings. The second-order valence-electron chi connectivity index (χ2n) is 3.11. The summed E-state index contributed by atoms with van der Waals surface area (Å²) in [5, 5.41) is 0. The Balaban J connectivity index is 2.67. The number of hydrogen-bond acceptors (Lipinski definition) is 3. The first-order valence-electron chi connectivity index (χ1n) is 4.50. The molecule has 0 bridgehead atoms. The smallest absolute Gasteiger partial charge is 0.255 e. The number of carbonyl (C=O) groups excluding carboxylic acids is 1.